The van der Waals surface area contributed by atoms with Gasteiger partial charge in [-0.05, 0) is 58.2 Å². The molecule has 0 aliphatic rings. The second-order valence-electron chi connectivity index (χ2n) is 7.89. The van der Waals surface area contributed by atoms with Crippen LogP contribution in [0, 0.1) is 0 Å². The predicted molar refractivity (Wildman–Crippen MR) is 120 cm³/mol. The van der Waals surface area contributed by atoms with E-state index in [2.05, 4.69) is 30.9 Å². The summed E-state index contributed by atoms with van der Waals surface area (Å²) < 4.78 is 0. The van der Waals surface area contributed by atoms with Crippen LogP contribution in [0.4, 0.5) is 0 Å². The van der Waals surface area contributed by atoms with Crippen molar-refractivity contribution in [1.82, 2.24) is 4.90 Å². The Morgan fingerprint density at radius 1 is 0.667 bits per heavy atom. The molecule has 3 nitrogen and oxygen atoms in total. The fraction of sp³-hybridized carbons (Fsp3) is 0.875. The highest BCUT2D eigenvalue weighted by Gasteiger charge is 1.98. The molecule has 0 aliphatic carbocycles. The molecule has 0 aromatic carbocycles. The fourth-order valence-electron chi connectivity index (χ4n) is 3.53. The number of amides is 1. The van der Waals surface area contributed by atoms with Gasteiger partial charge in [0.15, 0.2) is 0 Å². The van der Waals surface area contributed by atoms with Crippen LogP contribution in [0.25, 0.3) is 0 Å². The maximum absolute atomic E-state index is 10.6. The molecule has 0 aromatic heterocycles. The fourth-order valence-corrected chi connectivity index (χ4v) is 3.53. The number of rotatable bonds is 21. The number of allylic oxidation sites excluding steroid dienone is 2. The Balaban J connectivity index is 3.15. The first kappa shape index (κ1) is 26.2. The molecular formula is C24H48N2O. The minimum atomic E-state index is -0.163. The van der Waals surface area contributed by atoms with Crippen molar-refractivity contribution in [2.45, 2.75) is 117 Å². The summed E-state index contributed by atoms with van der Waals surface area (Å²) in [5, 5.41) is 0. The average Bonchev–Trinajstić information content (AvgIpc) is 2.66. The molecule has 0 unspecified atom stereocenters. The topological polar surface area (TPSA) is 46.3 Å². The van der Waals surface area contributed by atoms with Crippen LogP contribution in [0.5, 0.6) is 0 Å². The average molecular weight is 381 g/mol. The van der Waals surface area contributed by atoms with Crippen LogP contribution in [0.3, 0.4) is 0 Å². The first-order chi connectivity index (χ1) is 13.2. The minimum absolute atomic E-state index is 0.163. The van der Waals surface area contributed by atoms with E-state index in [4.69, 9.17) is 5.73 Å². The Kier molecular flexibility index (Phi) is 20.8. The van der Waals surface area contributed by atoms with Crippen molar-refractivity contribution < 1.29 is 4.79 Å². The van der Waals surface area contributed by atoms with Crippen molar-refractivity contribution in [3.63, 3.8) is 0 Å². The molecule has 0 aliphatic heterocycles. The van der Waals surface area contributed by atoms with Gasteiger partial charge in [0.25, 0.3) is 0 Å². The van der Waals surface area contributed by atoms with Gasteiger partial charge in [0.2, 0.25) is 5.91 Å². The number of carbonyl (C=O) groups excluding carboxylic acids is 1. The first-order valence-electron chi connectivity index (χ1n) is 11.9. The zero-order valence-electron chi connectivity index (χ0n) is 18.5. The van der Waals surface area contributed by atoms with Crippen LogP contribution in [0.15, 0.2) is 12.2 Å². The maximum atomic E-state index is 10.6. The second kappa shape index (κ2) is 21.5. The van der Waals surface area contributed by atoms with Gasteiger partial charge in [-0.3, -0.25) is 4.79 Å². The molecule has 0 rings (SSSR count). The molecule has 1 amide bonds. The van der Waals surface area contributed by atoms with Crippen LogP contribution in [0.2, 0.25) is 0 Å². The van der Waals surface area contributed by atoms with Gasteiger partial charge in [0.1, 0.15) is 0 Å². The van der Waals surface area contributed by atoms with E-state index in [9.17, 15) is 4.79 Å². The number of hydrogen-bond donors (Lipinski definition) is 1. The van der Waals surface area contributed by atoms with E-state index in [0.717, 1.165) is 12.8 Å². The summed E-state index contributed by atoms with van der Waals surface area (Å²) in [6.07, 6.45) is 24.8. The molecule has 0 aromatic rings. The smallest absolute Gasteiger partial charge is 0.217 e. The Labute approximate surface area is 170 Å². The molecule has 0 atom stereocenters. The van der Waals surface area contributed by atoms with E-state index in [0.29, 0.717) is 6.42 Å². The van der Waals surface area contributed by atoms with Crippen molar-refractivity contribution in [3.8, 4) is 0 Å². The summed E-state index contributed by atoms with van der Waals surface area (Å²) in [4.78, 5) is 13.2. The number of hydrogen-bond acceptors (Lipinski definition) is 2. The van der Waals surface area contributed by atoms with Crippen LogP contribution < -0.4 is 5.73 Å². The van der Waals surface area contributed by atoms with E-state index in [-0.39, 0.29) is 5.91 Å². The number of carbonyl (C=O) groups is 1. The summed E-state index contributed by atoms with van der Waals surface area (Å²) in [6.45, 7) is 8.20. The van der Waals surface area contributed by atoms with Gasteiger partial charge in [0, 0.05) is 6.42 Å². The summed E-state index contributed by atoms with van der Waals surface area (Å²) in [5.74, 6) is -0.163. The minimum Gasteiger partial charge on any atom is -0.370 e. The SMILES string of the molecule is CCN(CC)CCCCCCCCCC/C=C\CCCCCCCC(N)=O. The zero-order valence-corrected chi connectivity index (χ0v) is 18.5. The lowest BCUT2D eigenvalue weighted by atomic mass is 10.1. The lowest BCUT2D eigenvalue weighted by Gasteiger charge is -2.17. The van der Waals surface area contributed by atoms with E-state index in [1.54, 1.807) is 0 Å². The van der Waals surface area contributed by atoms with Crippen molar-refractivity contribution in [2.24, 2.45) is 5.73 Å². The third-order valence-corrected chi connectivity index (χ3v) is 5.45. The van der Waals surface area contributed by atoms with Gasteiger partial charge < -0.3 is 10.6 Å². The Morgan fingerprint density at radius 2 is 1.07 bits per heavy atom. The van der Waals surface area contributed by atoms with E-state index >= 15 is 0 Å². The van der Waals surface area contributed by atoms with Crippen molar-refractivity contribution in [2.75, 3.05) is 19.6 Å². The Hall–Kier alpha value is -0.830. The van der Waals surface area contributed by atoms with Gasteiger partial charge in [-0.2, -0.15) is 0 Å². The third-order valence-electron chi connectivity index (χ3n) is 5.45. The van der Waals surface area contributed by atoms with Crippen LogP contribution in [-0.2, 0) is 4.79 Å². The molecule has 0 radical (unpaired) electrons. The summed E-state index contributed by atoms with van der Waals surface area (Å²) in [7, 11) is 0. The van der Waals surface area contributed by atoms with Crippen LogP contribution in [0.1, 0.15) is 117 Å². The van der Waals surface area contributed by atoms with E-state index < -0.39 is 0 Å². The van der Waals surface area contributed by atoms with Crippen LogP contribution in [-0.4, -0.2) is 30.4 Å². The lowest BCUT2D eigenvalue weighted by Crippen LogP contribution is -2.23. The highest BCUT2D eigenvalue weighted by Crippen LogP contribution is 2.11. The first-order valence-corrected chi connectivity index (χ1v) is 11.9. The highest BCUT2D eigenvalue weighted by atomic mass is 16.1. The molecule has 160 valence electrons. The van der Waals surface area contributed by atoms with E-state index in [1.165, 1.54) is 103 Å². The highest BCUT2D eigenvalue weighted by molar-refractivity contribution is 5.73. The number of nitrogens with two attached hydrogens (primary N) is 1. The molecule has 0 saturated heterocycles. The number of nitrogens with zero attached hydrogens (tertiary/aromatic N) is 1. The summed E-state index contributed by atoms with van der Waals surface area (Å²) >= 11 is 0. The second-order valence-corrected chi connectivity index (χ2v) is 7.89. The molecule has 3 heteroatoms. The van der Waals surface area contributed by atoms with Gasteiger partial charge in [-0.25, -0.2) is 0 Å². The van der Waals surface area contributed by atoms with Gasteiger partial charge in [-0.1, -0.05) is 83.8 Å². The van der Waals surface area contributed by atoms with Crippen molar-refractivity contribution in [3.05, 3.63) is 12.2 Å². The Morgan fingerprint density at radius 3 is 1.52 bits per heavy atom. The normalized spacial score (nSPS) is 11.7. The zero-order chi connectivity index (χ0) is 20.0. The Bertz CT molecular complexity index is 337. The van der Waals surface area contributed by atoms with Crippen molar-refractivity contribution >= 4 is 5.91 Å². The molecule has 0 fully saturated rings. The van der Waals surface area contributed by atoms with Crippen molar-refractivity contribution in [1.29, 1.82) is 0 Å². The summed E-state index contributed by atoms with van der Waals surface area (Å²) in [6, 6.07) is 0. The molecule has 0 bridgehead atoms. The predicted octanol–water partition coefficient (Wildman–Crippen LogP) is 6.61. The maximum Gasteiger partial charge on any atom is 0.217 e. The quantitative estimate of drug-likeness (QED) is 0.180. The molecule has 0 spiro atoms. The molecule has 2 N–H and O–H groups in total. The van der Waals surface area contributed by atoms with Gasteiger partial charge in [0.05, 0.1) is 0 Å². The third kappa shape index (κ3) is 21.3. The molecule has 27 heavy (non-hydrogen) atoms. The van der Waals surface area contributed by atoms with Gasteiger partial charge >= 0.3 is 0 Å². The molecular weight excluding hydrogens is 332 g/mol. The van der Waals surface area contributed by atoms with Crippen LogP contribution >= 0.6 is 0 Å². The summed E-state index contributed by atoms with van der Waals surface area (Å²) in [5.41, 5.74) is 5.13. The monoisotopic (exact) mass is 380 g/mol. The molecule has 0 saturated carbocycles. The number of primary amides is 1. The van der Waals surface area contributed by atoms with E-state index in [1.807, 2.05) is 0 Å². The van der Waals surface area contributed by atoms with Gasteiger partial charge in [-0.15, -0.1) is 0 Å². The number of unbranched alkanes of at least 4 members (excludes halogenated alkanes) is 13. The largest absolute Gasteiger partial charge is 0.370 e. The lowest BCUT2D eigenvalue weighted by molar-refractivity contribution is -0.118. The molecule has 0 heterocycles. The standard InChI is InChI=1S/C24H48N2O/c1-3-26(4-2)23-21-19-17-15-13-11-9-7-5-6-8-10-12-14-16-18-20-22-24(25)27/h6,8H,3-5,7,9-23H2,1-2H3,(H2,25,27)/b8-6-.